The second kappa shape index (κ2) is 8.18. The number of fused-ring (bicyclic) bond motifs is 1. The van der Waals surface area contributed by atoms with Gasteiger partial charge in [0.05, 0.1) is 5.39 Å². The van der Waals surface area contributed by atoms with E-state index in [1.807, 2.05) is 5.48 Å². The topological polar surface area (TPSA) is 133 Å². The fourth-order valence-electron chi connectivity index (χ4n) is 3.29. The van der Waals surface area contributed by atoms with Gasteiger partial charge in [0.1, 0.15) is 36.4 Å². The first-order chi connectivity index (χ1) is 13.0. The van der Waals surface area contributed by atoms with E-state index in [-0.39, 0.29) is 18.2 Å². The molecule has 11 heteroatoms. The van der Waals surface area contributed by atoms with Crippen molar-refractivity contribution in [1.29, 1.82) is 0 Å². The van der Waals surface area contributed by atoms with Crippen LogP contribution in [0.15, 0.2) is 42.9 Å². The Balaban J connectivity index is 0.00000225. The minimum Gasteiger partial charge on any atom is -0.387 e. The summed E-state index contributed by atoms with van der Waals surface area (Å²) >= 11 is 5.86. The van der Waals surface area contributed by atoms with Crippen LogP contribution >= 0.6 is 24.0 Å². The first-order valence-corrected chi connectivity index (χ1v) is 8.56. The van der Waals surface area contributed by atoms with Gasteiger partial charge < -0.3 is 24.6 Å². The van der Waals surface area contributed by atoms with E-state index in [9.17, 15) is 15.3 Å². The van der Waals surface area contributed by atoms with E-state index in [1.165, 1.54) is 10.9 Å². The van der Waals surface area contributed by atoms with Crippen LogP contribution in [0.4, 0.5) is 5.82 Å². The molecule has 0 unspecified atom stereocenters. The van der Waals surface area contributed by atoms with Crippen LogP contribution in [0, 0.1) is 0 Å². The lowest BCUT2D eigenvalue weighted by Gasteiger charge is -2.21. The van der Waals surface area contributed by atoms with Crippen LogP contribution in [0.2, 0.25) is 5.02 Å². The zero-order chi connectivity index (χ0) is 19.1. The van der Waals surface area contributed by atoms with Gasteiger partial charge >= 0.3 is 0 Å². The third-order valence-electron chi connectivity index (χ3n) is 4.69. The molecule has 2 aromatic heterocycles. The van der Waals surface area contributed by atoms with Crippen molar-refractivity contribution in [2.45, 2.75) is 30.6 Å². The van der Waals surface area contributed by atoms with Gasteiger partial charge in [0.15, 0.2) is 12.0 Å². The van der Waals surface area contributed by atoms with Crippen LogP contribution in [-0.2, 0) is 4.74 Å². The van der Waals surface area contributed by atoms with Crippen molar-refractivity contribution >= 4 is 40.9 Å². The maximum Gasteiger partial charge on any atom is 0.164 e. The zero-order valence-electron chi connectivity index (χ0n) is 14.3. The molecule has 0 aliphatic carbocycles. The number of rotatable bonds is 4. The number of benzene rings is 1. The predicted molar refractivity (Wildman–Crippen MR) is 103 cm³/mol. The van der Waals surface area contributed by atoms with E-state index < -0.39 is 30.6 Å². The monoisotopic (exact) mass is 428 g/mol. The summed E-state index contributed by atoms with van der Waals surface area (Å²) in [7, 11) is 0. The zero-order valence-corrected chi connectivity index (χ0v) is 15.8. The molecule has 150 valence electrons. The van der Waals surface area contributed by atoms with Crippen LogP contribution in [0.3, 0.4) is 0 Å². The minimum absolute atomic E-state index is 0. The Bertz CT molecular complexity index is 954. The quantitative estimate of drug-likeness (QED) is 0.396. The van der Waals surface area contributed by atoms with Crippen molar-refractivity contribution in [3.05, 3.63) is 53.4 Å². The molecule has 3 aromatic rings. The van der Waals surface area contributed by atoms with E-state index in [4.69, 9.17) is 21.5 Å². The first-order valence-electron chi connectivity index (χ1n) is 8.18. The van der Waals surface area contributed by atoms with Crippen molar-refractivity contribution in [3.8, 4) is 0 Å². The molecule has 0 saturated carbocycles. The lowest BCUT2D eigenvalue weighted by atomic mass is 9.99. The maximum absolute atomic E-state index is 10.6. The van der Waals surface area contributed by atoms with Gasteiger partial charge in [0.2, 0.25) is 0 Å². The number of hydrogen-bond donors (Lipinski definition) is 5. The van der Waals surface area contributed by atoms with Crippen molar-refractivity contribution in [2.75, 3.05) is 5.48 Å². The fourth-order valence-corrected chi connectivity index (χ4v) is 3.42. The Morgan fingerprint density at radius 2 is 1.82 bits per heavy atom. The first kappa shape index (κ1) is 20.7. The molecule has 4 rings (SSSR count). The number of nitrogens with one attached hydrogen (secondary N) is 1. The lowest BCUT2D eigenvalue weighted by Crippen LogP contribution is -2.34. The van der Waals surface area contributed by atoms with Crippen LogP contribution in [0.5, 0.6) is 0 Å². The number of aromatic nitrogens is 3. The maximum atomic E-state index is 10.6. The Labute approximate surface area is 170 Å². The Morgan fingerprint density at radius 1 is 1.11 bits per heavy atom. The summed E-state index contributed by atoms with van der Waals surface area (Å²) in [5, 5.41) is 41.7. The summed E-state index contributed by atoms with van der Waals surface area (Å²) in [4.78, 5) is 8.04. The van der Waals surface area contributed by atoms with E-state index in [0.29, 0.717) is 21.6 Å². The number of halogens is 2. The van der Waals surface area contributed by atoms with Gasteiger partial charge in [-0.05, 0) is 23.8 Å². The summed E-state index contributed by atoms with van der Waals surface area (Å²) in [5.74, 6) is 0.199. The van der Waals surface area contributed by atoms with Gasteiger partial charge in [-0.1, -0.05) is 23.7 Å². The average molecular weight is 429 g/mol. The van der Waals surface area contributed by atoms with Crippen molar-refractivity contribution in [3.63, 3.8) is 0 Å². The summed E-state index contributed by atoms with van der Waals surface area (Å²) in [6, 6.07) is 8.13. The number of nitrogens with zero attached hydrogens (tertiary/aromatic N) is 3. The van der Waals surface area contributed by atoms with Gasteiger partial charge in [0.25, 0.3) is 0 Å². The lowest BCUT2D eigenvalue weighted by molar-refractivity contribution is -0.0848. The fraction of sp³-hybridized carbons (Fsp3) is 0.294. The molecule has 5 N–H and O–H groups in total. The van der Waals surface area contributed by atoms with Crippen LogP contribution < -0.4 is 5.48 Å². The molecule has 0 radical (unpaired) electrons. The molecule has 0 bridgehead atoms. The van der Waals surface area contributed by atoms with E-state index >= 15 is 0 Å². The van der Waals surface area contributed by atoms with Crippen LogP contribution in [0.25, 0.3) is 11.0 Å². The molecule has 3 heterocycles. The molecule has 1 aliphatic heterocycles. The standard InChI is InChI=1S/C17H17ClN4O5.ClH/c18-9-3-1-8(2-4-9)11(23)14-12(24)13(25)17(27-14)22-6-5-10-15(21-26)19-7-20-16(10)22;/h1-7,11-14,17,23-26H,(H,19,20,21);1H/t11-,12+,13-,14-,17-;/m1./s1. The number of aliphatic hydroxyl groups excluding tert-OH is 3. The Morgan fingerprint density at radius 3 is 2.50 bits per heavy atom. The summed E-state index contributed by atoms with van der Waals surface area (Å²) < 4.78 is 7.31. The number of hydrogen-bond acceptors (Lipinski definition) is 8. The molecule has 1 fully saturated rings. The largest absolute Gasteiger partial charge is 0.387 e. The van der Waals surface area contributed by atoms with Gasteiger partial charge in [0, 0.05) is 11.2 Å². The molecule has 1 aliphatic rings. The van der Waals surface area contributed by atoms with E-state index in [1.54, 1.807) is 36.5 Å². The van der Waals surface area contributed by atoms with Gasteiger partial charge in [-0.3, -0.25) is 10.7 Å². The van der Waals surface area contributed by atoms with Crippen molar-refractivity contribution in [2.24, 2.45) is 0 Å². The molecule has 5 atom stereocenters. The number of aliphatic hydroxyl groups is 3. The smallest absolute Gasteiger partial charge is 0.164 e. The molecule has 1 saturated heterocycles. The Kier molecular flexibility index (Phi) is 6.06. The number of ether oxygens (including phenoxy) is 1. The average Bonchev–Trinajstić information content (AvgIpc) is 3.23. The van der Waals surface area contributed by atoms with E-state index in [2.05, 4.69) is 9.97 Å². The third kappa shape index (κ3) is 3.42. The third-order valence-corrected chi connectivity index (χ3v) is 4.94. The number of anilines is 1. The van der Waals surface area contributed by atoms with E-state index in [0.717, 1.165) is 0 Å². The second-order valence-corrected chi connectivity index (χ2v) is 6.70. The highest BCUT2D eigenvalue weighted by molar-refractivity contribution is 6.30. The van der Waals surface area contributed by atoms with Crippen LogP contribution in [0.1, 0.15) is 17.9 Å². The van der Waals surface area contributed by atoms with Crippen molar-refractivity contribution in [1.82, 2.24) is 14.5 Å². The highest BCUT2D eigenvalue weighted by atomic mass is 35.5. The second-order valence-electron chi connectivity index (χ2n) is 6.26. The molecular formula is C17H18Cl2N4O5. The molecule has 0 amide bonds. The summed E-state index contributed by atoms with van der Waals surface area (Å²) in [5.41, 5.74) is 2.87. The SMILES string of the molecule is Cl.ONc1ncnc2c1ccn2[C@@H]1O[C@H]([C@H](O)c2ccc(Cl)cc2)[C@@H](O)[C@H]1O. The molecule has 0 spiro atoms. The predicted octanol–water partition coefficient (Wildman–Crippen LogP) is 1.66. The van der Waals surface area contributed by atoms with Gasteiger partial charge in [-0.2, -0.15) is 0 Å². The summed E-state index contributed by atoms with van der Waals surface area (Å²) in [6.45, 7) is 0. The van der Waals surface area contributed by atoms with Crippen LogP contribution in [-0.4, -0.2) is 53.4 Å². The van der Waals surface area contributed by atoms with Gasteiger partial charge in [-0.15, -0.1) is 12.4 Å². The Hall–Kier alpha value is -1.98. The minimum atomic E-state index is -1.32. The molecule has 1 aromatic carbocycles. The molecular weight excluding hydrogens is 411 g/mol. The molecule has 28 heavy (non-hydrogen) atoms. The normalized spacial score (nSPS) is 25.5. The summed E-state index contributed by atoms with van der Waals surface area (Å²) in [6.07, 6.45) is -2.98. The highest BCUT2D eigenvalue weighted by Gasteiger charge is 2.47. The van der Waals surface area contributed by atoms with Crippen molar-refractivity contribution < 1.29 is 25.3 Å². The highest BCUT2D eigenvalue weighted by Crippen LogP contribution is 2.38. The van der Waals surface area contributed by atoms with Gasteiger partial charge in [-0.25, -0.2) is 9.97 Å². The molecule has 9 nitrogen and oxygen atoms in total.